The summed E-state index contributed by atoms with van der Waals surface area (Å²) in [5, 5.41) is 11.0. The van der Waals surface area contributed by atoms with Gasteiger partial charge < -0.3 is 4.74 Å². The van der Waals surface area contributed by atoms with Crippen LogP contribution in [0.15, 0.2) is 71.8 Å². The Kier molecular flexibility index (Phi) is 5.37. The Morgan fingerprint density at radius 3 is 2.53 bits per heavy atom. The number of halogens is 3. The van der Waals surface area contributed by atoms with Gasteiger partial charge in [-0.15, -0.1) is 5.10 Å². The van der Waals surface area contributed by atoms with Crippen molar-refractivity contribution in [3.63, 3.8) is 0 Å². The number of rotatable bonds is 5. The molecule has 0 spiro atoms. The molecule has 0 saturated heterocycles. The van der Waals surface area contributed by atoms with E-state index in [9.17, 15) is 13.2 Å². The first-order valence-corrected chi connectivity index (χ1v) is 9.32. The molecule has 30 heavy (non-hydrogen) atoms. The molecule has 0 unspecified atom stereocenters. The maximum Gasteiger partial charge on any atom is 0.453 e. The maximum atomic E-state index is 13.2. The molecule has 1 aromatic heterocycles. The monoisotopic (exact) mass is 428 g/mol. The molecule has 0 aliphatic rings. The summed E-state index contributed by atoms with van der Waals surface area (Å²) in [7, 11) is 0. The molecule has 4 aromatic rings. The van der Waals surface area contributed by atoms with Gasteiger partial charge in [0, 0.05) is 5.56 Å². The highest BCUT2D eigenvalue weighted by atomic mass is 32.1. The number of nitrogens with one attached hydrogen (secondary N) is 1. The predicted octanol–water partition coefficient (Wildman–Crippen LogP) is 5.57. The van der Waals surface area contributed by atoms with Crippen molar-refractivity contribution in [2.45, 2.75) is 12.8 Å². The molecule has 9 heteroatoms. The molecule has 0 atom stereocenters. The Balaban J connectivity index is 1.76. The molecule has 4 rings (SSSR count). The maximum absolute atomic E-state index is 13.2. The van der Waals surface area contributed by atoms with Gasteiger partial charge in [0.1, 0.15) is 12.4 Å². The second kappa shape index (κ2) is 8.11. The summed E-state index contributed by atoms with van der Waals surface area (Å²) in [5.74, 6) is -0.736. The van der Waals surface area contributed by atoms with E-state index in [-0.39, 0.29) is 4.77 Å². The number of ether oxygens (including phenoxy) is 1. The summed E-state index contributed by atoms with van der Waals surface area (Å²) in [5.41, 5.74) is 1.50. The van der Waals surface area contributed by atoms with E-state index >= 15 is 0 Å². The normalized spacial score (nSPS) is 12.0. The topological polar surface area (TPSA) is 55.2 Å². The van der Waals surface area contributed by atoms with Gasteiger partial charge in [0.25, 0.3) is 5.82 Å². The quantitative estimate of drug-likeness (QED) is 0.334. The molecule has 1 heterocycles. The van der Waals surface area contributed by atoms with Crippen LogP contribution in [0.3, 0.4) is 0 Å². The fourth-order valence-corrected chi connectivity index (χ4v) is 3.15. The Labute approximate surface area is 174 Å². The van der Waals surface area contributed by atoms with Crippen LogP contribution in [-0.4, -0.2) is 21.1 Å². The van der Waals surface area contributed by atoms with Crippen molar-refractivity contribution in [2.75, 3.05) is 0 Å². The number of H-pyrrole nitrogens is 1. The highest BCUT2D eigenvalue weighted by molar-refractivity contribution is 7.71. The van der Waals surface area contributed by atoms with Crippen LogP contribution < -0.4 is 4.74 Å². The summed E-state index contributed by atoms with van der Waals surface area (Å²) < 4.78 is 45.8. The van der Waals surface area contributed by atoms with Crippen LogP contribution in [-0.2, 0) is 12.8 Å². The van der Waals surface area contributed by atoms with Gasteiger partial charge >= 0.3 is 6.18 Å². The van der Waals surface area contributed by atoms with Crippen LogP contribution in [0.1, 0.15) is 17.0 Å². The number of fused-ring (bicyclic) bond motifs is 1. The third kappa shape index (κ3) is 4.11. The summed E-state index contributed by atoms with van der Waals surface area (Å²) in [6.45, 7) is 0.305. The van der Waals surface area contributed by atoms with Crippen molar-refractivity contribution < 1.29 is 17.9 Å². The van der Waals surface area contributed by atoms with Crippen LogP contribution in [0.5, 0.6) is 5.75 Å². The number of benzene rings is 3. The lowest BCUT2D eigenvalue weighted by atomic mass is 10.0. The van der Waals surface area contributed by atoms with Gasteiger partial charge in [-0.25, -0.2) is 5.10 Å². The fourth-order valence-electron chi connectivity index (χ4n) is 2.97. The molecule has 5 nitrogen and oxygen atoms in total. The average molecular weight is 428 g/mol. The van der Waals surface area contributed by atoms with Crippen LogP contribution in [0.25, 0.3) is 10.8 Å². The van der Waals surface area contributed by atoms with E-state index in [0.717, 1.165) is 16.3 Å². The van der Waals surface area contributed by atoms with Gasteiger partial charge in [-0.1, -0.05) is 60.7 Å². The van der Waals surface area contributed by atoms with E-state index in [1.165, 1.54) is 6.21 Å². The second-order valence-electron chi connectivity index (χ2n) is 6.38. The second-order valence-corrected chi connectivity index (χ2v) is 6.77. The minimum Gasteiger partial charge on any atom is -0.488 e. The van der Waals surface area contributed by atoms with E-state index in [1.807, 2.05) is 60.7 Å². The molecule has 152 valence electrons. The smallest absolute Gasteiger partial charge is 0.453 e. The number of alkyl halides is 3. The number of aromatic nitrogens is 3. The van der Waals surface area contributed by atoms with Crippen LogP contribution in [0.2, 0.25) is 0 Å². The van der Waals surface area contributed by atoms with Gasteiger partial charge in [-0.3, -0.25) is 0 Å². The van der Waals surface area contributed by atoms with Crippen molar-refractivity contribution in [3.05, 3.63) is 88.5 Å². The van der Waals surface area contributed by atoms with Gasteiger partial charge in [0.05, 0.1) is 6.21 Å². The molecule has 0 aliphatic carbocycles. The molecule has 0 amide bonds. The average Bonchev–Trinajstić information content (AvgIpc) is 3.12. The zero-order valence-corrected chi connectivity index (χ0v) is 16.2. The lowest BCUT2D eigenvalue weighted by Gasteiger charge is -2.12. The zero-order valence-electron chi connectivity index (χ0n) is 15.4. The number of aromatic amines is 1. The molecule has 0 radical (unpaired) electrons. The molecule has 0 fully saturated rings. The SMILES string of the molecule is FC(F)(F)c1n[nH]c(=S)n1/N=C/c1c(OCc2ccccc2)ccc2ccccc12. The first kappa shape index (κ1) is 19.8. The van der Waals surface area contributed by atoms with Gasteiger partial charge in [0.15, 0.2) is 0 Å². The molecule has 1 N–H and O–H groups in total. The lowest BCUT2D eigenvalue weighted by molar-refractivity contribution is -0.147. The molecule has 3 aromatic carbocycles. The summed E-state index contributed by atoms with van der Waals surface area (Å²) >= 11 is 4.90. The number of nitrogens with zero attached hydrogens (tertiary/aromatic N) is 3. The number of hydrogen-bond donors (Lipinski definition) is 1. The van der Waals surface area contributed by atoms with E-state index in [4.69, 9.17) is 17.0 Å². The van der Waals surface area contributed by atoms with Crippen molar-refractivity contribution in [1.29, 1.82) is 0 Å². The molecular weight excluding hydrogens is 413 g/mol. The highest BCUT2D eigenvalue weighted by Crippen LogP contribution is 2.29. The van der Waals surface area contributed by atoms with Gasteiger partial charge in [-0.05, 0) is 34.6 Å². The Morgan fingerprint density at radius 1 is 1.03 bits per heavy atom. The van der Waals surface area contributed by atoms with Crippen LogP contribution in [0, 0.1) is 4.77 Å². The summed E-state index contributed by atoms with van der Waals surface area (Å²) in [6.07, 6.45) is -3.39. The van der Waals surface area contributed by atoms with Gasteiger partial charge in [-0.2, -0.15) is 22.9 Å². The lowest BCUT2D eigenvalue weighted by Crippen LogP contribution is -2.13. The molecule has 0 bridgehead atoms. The Bertz CT molecular complexity index is 1260. The Morgan fingerprint density at radius 2 is 1.77 bits per heavy atom. The molecule has 0 aliphatic heterocycles. The minimum atomic E-state index is -4.70. The van der Waals surface area contributed by atoms with Crippen molar-refractivity contribution >= 4 is 29.2 Å². The largest absolute Gasteiger partial charge is 0.488 e. The Hall–Kier alpha value is -3.46. The molecular formula is C21H15F3N4OS. The zero-order chi connectivity index (χ0) is 21.1. The van der Waals surface area contributed by atoms with E-state index in [1.54, 1.807) is 6.07 Å². The minimum absolute atomic E-state index is 0.259. The first-order chi connectivity index (χ1) is 14.4. The molecule has 0 saturated carbocycles. The van der Waals surface area contributed by atoms with Gasteiger partial charge in [0.2, 0.25) is 4.77 Å². The first-order valence-electron chi connectivity index (χ1n) is 8.91. The number of hydrogen-bond acceptors (Lipinski definition) is 4. The fraction of sp³-hybridized carbons (Fsp3) is 0.0952. The summed E-state index contributed by atoms with van der Waals surface area (Å²) in [6, 6.07) is 20.7. The summed E-state index contributed by atoms with van der Waals surface area (Å²) in [4.78, 5) is 0. The van der Waals surface area contributed by atoms with Crippen molar-refractivity contribution in [2.24, 2.45) is 5.10 Å². The van der Waals surface area contributed by atoms with Crippen LogP contribution in [0.4, 0.5) is 13.2 Å². The van der Waals surface area contributed by atoms with Crippen LogP contribution >= 0.6 is 12.2 Å². The predicted molar refractivity (Wildman–Crippen MR) is 110 cm³/mol. The third-order valence-electron chi connectivity index (χ3n) is 4.37. The standard InChI is InChI=1S/C21H15F3N4OS/c22-21(23,24)19-26-27-20(30)28(19)25-12-17-16-9-5-4-8-15(16)10-11-18(17)29-13-14-6-2-1-3-7-14/h1-12H,13H2,(H,27,30)/b25-12+. The highest BCUT2D eigenvalue weighted by Gasteiger charge is 2.37. The van der Waals surface area contributed by atoms with E-state index in [0.29, 0.717) is 22.6 Å². The third-order valence-corrected chi connectivity index (χ3v) is 4.64. The van der Waals surface area contributed by atoms with Crippen molar-refractivity contribution in [3.8, 4) is 5.75 Å². The van der Waals surface area contributed by atoms with Crippen molar-refractivity contribution in [1.82, 2.24) is 14.9 Å². The van der Waals surface area contributed by atoms with E-state index in [2.05, 4.69) is 15.3 Å². The van der Waals surface area contributed by atoms with E-state index < -0.39 is 12.0 Å².